The molecule has 132 valence electrons. The molecular formula is C19H15N2O5-. The summed E-state index contributed by atoms with van der Waals surface area (Å²) in [6.07, 6.45) is -0.0968. The highest BCUT2D eigenvalue weighted by Crippen LogP contribution is 2.23. The van der Waals surface area contributed by atoms with Crippen molar-refractivity contribution in [1.29, 1.82) is 0 Å². The van der Waals surface area contributed by atoms with E-state index >= 15 is 0 Å². The summed E-state index contributed by atoms with van der Waals surface area (Å²) >= 11 is 0. The zero-order chi connectivity index (χ0) is 18.8. The van der Waals surface area contributed by atoms with Crippen LogP contribution < -0.4 is 10.4 Å². The summed E-state index contributed by atoms with van der Waals surface area (Å²) in [6, 6.07) is 10.8. The number of carboxylic acids is 1. The SMILES string of the molecule is Cc1ccc(C(=O)[O-])cc1NC(=O)CCN1C(=O)c2ccccc2C1=O. The molecule has 0 saturated carbocycles. The van der Waals surface area contributed by atoms with Crippen LogP contribution in [0, 0.1) is 6.92 Å². The second-order valence-corrected chi connectivity index (χ2v) is 5.92. The number of carboxylic acid groups (broad SMARTS) is 1. The van der Waals surface area contributed by atoms with Crippen molar-refractivity contribution in [3.8, 4) is 0 Å². The fourth-order valence-electron chi connectivity index (χ4n) is 2.75. The minimum Gasteiger partial charge on any atom is -0.545 e. The smallest absolute Gasteiger partial charge is 0.261 e. The third-order valence-electron chi connectivity index (χ3n) is 4.19. The van der Waals surface area contributed by atoms with Crippen molar-refractivity contribution in [3.05, 3.63) is 64.7 Å². The van der Waals surface area contributed by atoms with E-state index in [0.717, 1.165) is 4.90 Å². The van der Waals surface area contributed by atoms with Crippen LogP contribution in [0.1, 0.15) is 43.1 Å². The van der Waals surface area contributed by atoms with E-state index in [2.05, 4.69) is 5.32 Å². The zero-order valence-corrected chi connectivity index (χ0v) is 13.9. The second-order valence-electron chi connectivity index (χ2n) is 5.92. The van der Waals surface area contributed by atoms with Crippen molar-refractivity contribution < 1.29 is 24.3 Å². The highest BCUT2D eigenvalue weighted by atomic mass is 16.4. The third-order valence-corrected chi connectivity index (χ3v) is 4.19. The van der Waals surface area contributed by atoms with Gasteiger partial charge in [0.15, 0.2) is 0 Å². The van der Waals surface area contributed by atoms with Crippen LogP contribution >= 0.6 is 0 Å². The molecule has 0 bridgehead atoms. The molecule has 0 atom stereocenters. The van der Waals surface area contributed by atoms with Crippen molar-refractivity contribution in [2.75, 3.05) is 11.9 Å². The van der Waals surface area contributed by atoms with E-state index in [1.165, 1.54) is 12.1 Å². The summed E-state index contributed by atoms with van der Waals surface area (Å²) in [5.74, 6) is -2.62. The van der Waals surface area contributed by atoms with Gasteiger partial charge >= 0.3 is 0 Å². The molecule has 1 aliphatic rings. The number of aryl methyl sites for hydroxylation is 1. The lowest BCUT2D eigenvalue weighted by Crippen LogP contribution is -2.33. The number of rotatable bonds is 5. The number of nitrogens with one attached hydrogen (secondary N) is 1. The maximum absolute atomic E-state index is 12.3. The fraction of sp³-hybridized carbons (Fsp3) is 0.158. The van der Waals surface area contributed by atoms with Gasteiger partial charge in [0.05, 0.1) is 17.1 Å². The summed E-state index contributed by atoms with van der Waals surface area (Å²) in [7, 11) is 0. The first-order valence-electron chi connectivity index (χ1n) is 7.95. The third kappa shape index (κ3) is 3.19. The Labute approximate surface area is 149 Å². The van der Waals surface area contributed by atoms with Crippen LogP contribution in [0.3, 0.4) is 0 Å². The molecule has 26 heavy (non-hydrogen) atoms. The molecule has 2 aromatic carbocycles. The van der Waals surface area contributed by atoms with Crippen LogP contribution in [0.15, 0.2) is 42.5 Å². The molecule has 2 aromatic rings. The Bertz CT molecular complexity index is 900. The first-order chi connectivity index (χ1) is 12.4. The molecule has 1 N–H and O–H groups in total. The fourth-order valence-corrected chi connectivity index (χ4v) is 2.75. The van der Waals surface area contributed by atoms with E-state index in [9.17, 15) is 24.3 Å². The van der Waals surface area contributed by atoms with Crippen molar-refractivity contribution in [3.63, 3.8) is 0 Å². The van der Waals surface area contributed by atoms with Gasteiger partial charge in [0.25, 0.3) is 11.8 Å². The van der Waals surface area contributed by atoms with E-state index in [1.807, 2.05) is 0 Å². The standard InChI is InChI=1S/C19H16N2O5/c1-11-6-7-12(19(25)26)10-15(11)20-16(22)8-9-21-17(23)13-4-2-3-5-14(13)18(21)24/h2-7,10H,8-9H2,1H3,(H,20,22)(H,25,26)/p-1. The van der Waals surface area contributed by atoms with Crippen LogP contribution in [0.25, 0.3) is 0 Å². The summed E-state index contributed by atoms with van der Waals surface area (Å²) in [5.41, 5.74) is 1.64. The van der Waals surface area contributed by atoms with Gasteiger partial charge in [-0.3, -0.25) is 19.3 Å². The number of aromatic carboxylic acids is 1. The number of imide groups is 1. The number of hydrogen-bond acceptors (Lipinski definition) is 5. The molecular weight excluding hydrogens is 336 g/mol. The highest BCUT2D eigenvalue weighted by molar-refractivity contribution is 6.21. The summed E-state index contributed by atoms with van der Waals surface area (Å²) in [4.78, 5) is 48.6. The predicted octanol–water partition coefficient (Wildman–Crippen LogP) is 0.983. The molecule has 7 nitrogen and oxygen atoms in total. The summed E-state index contributed by atoms with van der Waals surface area (Å²) in [5, 5.41) is 13.5. The lowest BCUT2D eigenvalue weighted by atomic mass is 10.1. The molecule has 3 amide bonds. The number of benzene rings is 2. The Morgan fingerprint density at radius 1 is 1.04 bits per heavy atom. The van der Waals surface area contributed by atoms with Gasteiger partial charge in [-0.2, -0.15) is 0 Å². The Hall–Kier alpha value is -3.48. The Balaban J connectivity index is 1.66. The van der Waals surface area contributed by atoms with Gasteiger partial charge in [0.2, 0.25) is 5.91 Å². The number of carbonyl (C=O) groups is 4. The van der Waals surface area contributed by atoms with Crippen LogP contribution in [-0.4, -0.2) is 35.1 Å². The van der Waals surface area contributed by atoms with Crippen LogP contribution in [0.5, 0.6) is 0 Å². The topological polar surface area (TPSA) is 107 Å². The van der Waals surface area contributed by atoms with Crippen molar-refractivity contribution in [1.82, 2.24) is 4.90 Å². The molecule has 0 radical (unpaired) electrons. The molecule has 1 aliphatic heterocycles. The number of fused-ring (bicyclic) bond motifs is 1. The molecule has 0 spiro atoms. The lowest BCUT2D eigenvalue weighted by molar-refractivity contribution is -0.255. The maximum Gasteiger partial charge on any atom is 0.261 e. The maximum atomic E-state index is 12.3. The number of amides is 3. The molecule has 1 heterocycles. The van der Waals surface area contributed by atoms with Gasteiger partial charge in [-0.1, -0.05) is 24.3 Å². The number of carbonyl (C=O) groups excluding carboxylic acids is 4. The molecule has 0 saturated heterocycles. The van der Waals surface area contributed by atoms with Gasteiger partial charge in [0.1, 0.15) is 0 Å². The van der Waals surface area contributed by atoms with E-state index in [-0.39, 0.29) is 18.5 Å². The zero-order valence-electron chi connectivity index (χ0n) is 13.9. The Kier molecular flexibility index (Phi) is 4.53. The van der Waals surface area contributed by atoms with Crippen LogP contribution in [-0.2, 0) is 4.79 Å². The largest absolute Gasteiger partial charge is 0.545 e. The van der Waals surface area contributed by atoms with Gasteiger partial charge < -0.3 is 15.2 Å². The van der Waals surface area contributed by atoms with Gasteiger partial charge in [-0.05, 0) is 36.2 Å². The summed E-state index contributed by atoms with van der Waals surface area (Å²) in [6.45, 7) is 1.66. The monoisotopic (exact) mass is 351 g/mol. The quantitative estimate of drug-likeness (QED) is 0.808. The van der Waals surface area contributed by atoms with Gasteiger partial charge in [-0.25, -0.2) is 0 Å². The first-order valence-corrected chi connectivity index (χ1v) is 7.95. The summed E-state index contributed by atoms with van der Waals surface area (Å²) < 4.78 is 0. The minimum absolute atomic E-state index is 0.0498. The lowest BCUT2D eigenvalue weighted by Gasteiger charge is -2.15. The van der Waals surface area contributed by atoms with Crippen LogP contribution in [0.2, 0.25) is 0 Å². The molecule has 0 aromatic heterocycles. The Morgan fingerprint density at radius 2 is 1.65 bits per heavy atom. The van der Waals surface area contributed by atoms with Crippen molar-refractivity contribution in [2.24, 2.45) is 0 Å². The van der Waals surface area contributed by atoms with Crippen LogP contribution in [0.4, 0.5) is 5.69 Å². The average molecular weight is 351 g/mol. The number of anilines is 1. The molecule has 0 unspecified atom stereocenters. The van der Waals surface area contributed by atoms with E-state index in [0.29, 0.717) is 22.4 Å². The highest BCUT2D eigenvalue weighted by Gasteiger charge is 2.34. The van der Waals surface area contributed by atoms with E-state index in [1.54, 1.807) is 37.3 Å². The predicted molar refractivity (Wildman–Crippen MR) is 90.6 cm³/mol. The minimum atomic E-state index is -1.34. The normalized spacial score (nSPS) is 12.9. The number of nitrogens with zero attached hydrogens (tertiary/aromatic N) is 1. The van der Waals surface area contributed by atoms with Gasteiger partial charge in [-0.15, -0.1) is 0 Å². The second kappa shape index (κ2) is 6.79. The molecule has 7 heteroatoms. The Morgan fingerprint density at radius 3 is 2.23 bits per heavy atom. The number of hydrogen-bond donors (Lipinski definition) is 1. The van der Waals surface area contributed by atoms with E-state index in [4.69, 9.17) is 0 Å². The molecule has 3 rings (SSSR count). The molecule has 0 fully saturated rings. The average Bonchev–Trinajstić information content (AvgIpc) is 2.86. The molecule has 0 aliphatic carbocycles. The van der Waals surface area contributed by atoms with Gasteiger partial charge in [0, 0.05) is 18.7 Å². The first kappa shape index (κ1) is 17.3. The van der Waals surface area contributed by atoms with Crippen molar-refractivity contribution >= 4 is 29.4 Å². The van der Waals surface area contributed by atoms with Crippen molar-refractivity contribution in [2.45, 2.75) is 13.3 Å². The van der Waals surface area contributed by atoms with E-state index < -0.39 is 23.7 Å².